The highest BCUT2D eigenvalue weighted by atomic mass is 15.1. The molecule has 14 rings (SSSR count). The Labute approximate surface area is 362 Å². The Kier molecular flexibility index (Phi) is 7.11. The average molecular weight is 800 g/mol. The maximum Gasteiger partial charge on any atom is 0.0620 e. The summed E-state index contributed by atoms with van der Waals surface area (Å²) in [5, 5.41) is 15.2. The molecule has 0 amide bonds. The molecule has 0 fully saturated rings. The molecule has 3 heteroatoms. The number of hydrogen-bond donors (Lipinski definition) is 0. The third kappa shape index (κ3) is 4.90. The molecule has 3 heterocycles. The molecule has 0 aliphatic carbocycles. The lowest BCUT2D eigenvalue weighted by atomic mass is 9.94. The Hall–Kier alpha value is -8.40. The number of nitrogens with zero attached hydrogens (tertiary/aromatic N) is 3. The van der Waals surface area contributed by atoms with Crippen molar-refractivity contribution in [2.45, 2.75) is 0 Å². The molecule has 14 aromatic rings. The molecule has 0 unspecified atom stereocenters. The molecular formula is C60H37N3. The van der Waals surface area contributed by atoms with Crippen molar-refractivity contribution >= 4 is 109 Å². The summed E-state index contributed by atoms with van der Waals surface area (Å²) in [4.78, 5) is 2.44. The molecule has 0 aliphatic rings. The minimum Gasteiger partial charge on any atom is -0.310 e. The molecule has 0 saturated carbocycles. The summed E-state index contributed by atoms with van der Waals surface area (Å²) >= 11 is 0. The molecule has 63 heavy (non-hydrogen) atoms. The van der Waals surface area contributed by atoms with E-state index in [1.165, 1.54) is 103 Å². The molecule has 0 bridgehead atoms. The van der Waals surface area contributed by atoms with Gasteiger partial charge in [0.1, 0.15) is 0 Å². The lowest BCUT2D eigenvalue weighted by Gasteiger charge is -2.27. The molecule has 0 atom stereocenters. The molecule has 0 spiro atoms. The number of para-hydroxylation sites is 4. The first-order valence-electron chi connectivity index (χ1n) is 21.8. The van der Waals surface area contributed by atoms with E-state index in [4.69, 9.17) is 0 Å². The van der Waals surface area contributed by atoms with Gasteiger partial charge in [-0.25, -0.2) is 0 Å². The third-order valence-electron chi connectivity index (χ3n) is 13.6. The second-order valence-corrected chi connectivity index (χ2v) is 16.9. The Balaban J connectivity index is 0.987. The van der Waals surface area contributed by atoms with Gasteiger partial charge in [-0.1, -0.05) is 140 Å². The van der Waals surface area contributed by atoms with Crippen LogP contribution in [0, 0.1) is 0 Å². The molecule has 11 aromatic carbocycles. The summed E-state index contributed by atoms with van der Waals surface area (Å²) in [7, 11) is 0. The largest absolute Gasteiger partial charge is 0.310 e. The zero-order chi connectivity index (χ0) is 41.2. The fraction of sp³-hybridized carbons (Fsp3) is 0. The van der Waals surface area contributed by atoms with Crippen LogP contribution in [0.5, 0.6) is 0 Å². The first-order valence-corrected chi connectivity index (χ1v) is 21.8. The van der Waals surface area contributed by atoms with E-state index >= 15 is 0 Å². The minimum absolute atomic E-state index is 1.10. The van der Waals surface area contributed by atoms with Crippen molar-refractivity contribution in [3.05, 3.63) is 224 Å². The van der Waals surface area contributed by atoms with Crippen molar-refractivity contribution < 1.29 is 0 Å². The zero-order valence-corrected chi connectivity index (χ0v) is 34.2. The van der Waals surface area contributed by atoms with E-state index < -0.39 is 0 Å². The first kappa shape index (κ1) is 34.3. The smallest absolute Gasteiger partial charge is 0.0620 e. The van der Waals surface area contributed by atoms with Crippen molar-refractivity contribution in [2.24, 2.45) is 0 Å². The lowest BCUT2D eigenvalue weighted by molar-refractivity contribution is 1.18. The summed E-state index contributed by atoms with van der Waals surface area (Å²) in [6.45, 7) is 0. The van der Waals surface area contributed by atoms with Gasteiger partial charge >= 0.3 is 0 Å². The quantitative estimate of drug-likeness (QED) is 0.158. The summed E-state index contributed by atoms with van der Waals surface area (Å²) in [6.07, 6.45) is 0. The van der Waals surface area contributed by atoms with E-state index in [2.05, 4.69) is 238 Å². The van der Waals surface area contributed by atoms with Gasteiger partial charge in [0.2, 0.25) is 0 Å². The molecule has 0 saturated heterocycles. The van der Waals surface area contributed by atoms with Crippen molar-refractivity contribution in [1.29, 1.82) is 0 Å². The number of anilines is 3. The van der Waals surface area contributed by atoms with E-state index in [1.807, 2.05) is 0 Å². The number of rotatable bonds is 5. The maximum absolute atomic E-state index is 2.45. The van der Waals surface area contributed by atoms with Gasteiger partial charge in [-0.2, -0.15) is 0 Å². The number of aromatic nitrogens is 2. The summed E-state index contributed by atoms with van der Waals surface area (Å²) in [6, 6.07) is 82.8. The lowest BCUT2D eigenvalue weighted by Crippen LogP contribution is -2.10. The van der Waals surface area contributed by atoms with E-state index in [-0.39, 0.29) is 0 Å². The van der Waals surface area contributed by atoms with Crippen LogP contribution in [0.1, 0.15) is 0 Å². The molecule has 3 aromatic heterocycles. The van der Waals surface area contributed by atoms with Gasteiger partial charge in [0, 0.05) is 55.1 Å². The first-order chi connectivity index (χ1) is 31.3. The predicted molar refractivity (Wildman–Crippen MR) is 268 cm³/mol. The van der Waals surface area contributed by atoms with Crippen LogP contribution in [0.2, 0.25) is 0 Å². The summed E-state index contributed by atoms with van der Waals surface area (Å²) < 4.78 is 4.84. The van der Waals surface area contributed by atoms with Crippen molar-refractivity contribution in [2.75, 3.05) is 4.90 Å². The summed E-state index contributed by atoms with van der Waals surface area (Å²) in [5.41, 5.74) is 13.1. The van der Waals surface area contributed by atoms with Crippen LogP contribution in [0.15, 0.2) is 224 Å². The standard InChI is InChI=1S/C60H37N3/c1-2-14-40(15-3-1)62-56-23-11-8-20-49(56)53-37-43(31-33-59(53)62)61(42-30-32-48-46-18-5-4-16-44(46)45-17-6-7-19-47(45)52(48)36-42)41-28-26-38(27-29-41)39-34-54-50-21-9-12-24-57(50)63-58-25-13-10-22-51(58)55(35-39)60(54)63/h1-37H. The Morgan fingerprint density at radius 1 is 0.254 bits per heavy atom. The van der Waals surface area contributed by atoms with Crippen molar-refractivity contribution in [1.82, 2.24) is 8.97 Å². The molecule has 0 aliphatic heterocycles. The second kappa shape index (κ2) is 13.1. The van der Waals surface area contributed by atoms with Gasteiger partial charge in [0.25, 0.3) is 0 Å². The van der Waals surface area contributed by atoms with Gasteiger partial charge in [-0.15, -0.1) is 0 Å². The van der Waals surface area contributed by atoms with Crippen LogP contribution < -0.4 is 4.90 Å². The van der Waals surface area contributed by atoms with Crippen LogP contribution in [-0.4, -0.2) is 8.97 Å². The van der Waals surface area contributed by atoms with Crippen molar-refractivity contribution in [3.8, 4) is 16.8 Å². The fourth-order valence-corrected chi connectivity index (χ4v) is 10.9. The average Bonchev–Trinajstić information content (AvgIpc) is 3.99. The SMILES string of the molecule is c1ccc(-n2c3ccccc3c3cc(N(c4ccc(-c5cc6c7ccccc7n7c8ccccc8c(c5)c67)cc4)c4ccc5c6ccccc6c6ccccc6c5c4)ccc32)cc1. The number of fused-ring (bicyclic) bond motifs is 15. The minimum atomic E-state index is 1.10. The molecule has 3 nitrogen and oxygen atoms in total. The monoisotopic (exact) mass is 799 g/mol. The van der Waals surface area contributed by atoms with Gasteiger partial charge in [0.15, 0.2) is 0 Å². The van der Waals surface area contributed by atoms with E-state index in [0.29, 0.717) is 0 Å². The Morgan fingerprint density at radius 2 is 0.683 bits per heavy atom. The van der Waals surface area contributed by atoms with Crippen LogP contribution in [-0.2, 0) is 0 Å². The highest BCUT2D eigenvalue weighted by molar-refractivity contribution is 6.26. The molecule has 0 N–H and O–H groups in total. The van der Waals surface area contributed by atoms with Crippen LogP contribution in [0.25, 0.3) is 109 Å². The fourth-order valence-electron chi connectivity index (χ4n) is 10.9. The Morgan fingerprint density at radius 3 is 1.29 bits per heavy atom. The van der Waals surface area contributed by atoms with Crippen LogP contribution in [0.4, 0.5) is 17.1 Å². The van der Waals surface area contributed by atoms with Crippen LogP contribution in [0.3, 0.4) is 0 Å². The molecule has 292 valence electrons. The van der Waals surface area contributed by atoms with Gasteiger partial charge in [0.05, 0.1) is 27.6 Å². The summed E-state index contributed by atoms with van der Waals surface area (Å²) in [5.74, 6) is 0. The van der Waals surface area contributed by atoms with Crippen molar-refractivity contribution in [3.63, 3.8) is 0 Å². The second-order valence-electron chi connectivity index (χ2n) is 16.9. The predicted octanol–water partition coefficient (Wildman–Crippen LogP) is 16.5. The number of hydrogen-bond acceptors (Lipinski definition) is 1. The highest BCUT2D eigenvalue weighted by Gasteiger charge is 2.21. The topological polar surface area (TPSA) is 12.6 Å². The van der Waals surface area contributed by atoms with E-state index in [0.717, 1.165) is 22.7 Å². The maximum atomic E-state index is 2.45. The van der Waals surface area contributed by atoms with E-state index in [9.17, 15) is 0 Å². The van der Waals surface area contributed by atoms with Gasteiger partial charge < -0.3 is 13.9 Å². The number of benzene rings is 11. The Bertz CT molecular complexity index is 4020. The van der Waals surface area contributed by atoms with E-state index in [1.54, 1.807) is 0 Å². The highest BCUT2D eigenvalue weighted by Crippen LogP contribution is 2.45. The van der Waals surface area contributed by atoms with Gasteiger partial charge in [-0.3, -0.25) is 0 Å². The zero-order valence-electron chi connectivity index (χ0n) is 34.2. The normalized spacial score (nSPS) is 12.1. The molecular weight excluding hydrogens is 763 g/mol. The van der Waals surface area contributed by atoms with Crippen LogP contribution >= 0.6 is 0 Å². The third-order valence-corrected chi connectivity index (χ3v) is 13.6. The van der Waals surface area contributed by atoms with Gasteiger partial charge in [-0.05, 0) is 128 Å². The molecule has 0 radical (unpaired) electrons.